The fourth-order valence-electron chi connectivity index (χ4n) is 3.87. The number of carbonyl (C=O) groups excluding carboxylic acids is 1. The third-order valence-electron chi connectivity index (χ3n) is 5.63. The Kier molecular flexibility index (Phi) is 6.78. The number of fused-ring (bicyclic) bond motifs is 2. The average molecular weight is 486 g/mol. The highest BCUT2D eigenvalue weighted by atomic mass is 35.5. The van der Waals surface area contributed by atoms with Crippen molar-refractivity contribution in [2.45, 2.75) is 6.42 Å². The van der Waals surface area contributed by atoms with Crippen LogP contribution < -0.4 is 14.4 Å². The monoisotopic (exact) mass is 485 g/mol. The number of ether oxygens (including phenoxy) is 3. The van der Waals surface area contributed by atoms with E-state index in [4.69, 9.17) is 25.8 Å². The first-order valence-corrected chi connectivity index (χ1v) is 12.1. The first-order chi connectivity index (χ1) is 16.2. The Hall–Kier alpha value is -2.65. The van der Waals surface area contributed by atoms with E-state index in [2.05, 4.69) is 9.88 Å². The number of nitrogens with zero attached hydrogens (tertiary/aromatic N) is 3. The highest BCUT2D eigenvalue weighted by molar-refractivity contribution is 7.22. The summed E-state index contributed by atoms with van der Waals surface area (Å²) in [6.07, 6.45) is 4.22. The molecule has 3 aromatic rings. The minimum Gasteiger partial charge on any atom is -0.454 e. The van der Waals surface area contributed by atoms with Crippen LogP contribution in [-0.2, 0) is 9.53 Å². The molecule has 7 nitrogen and oxygen atoms in total. The number of carbonyl (C=O) groups is 1. The predicted molar refractivity (Wildman–Crippen MR) is 130 cm³/mol. The molecular formula is C24H24ClN3O4S. The molecule has 1 fully saturated rings. The molecule has 0 radical (unpaired) electrons. The van der Waals surface area contributed by atoms with Gasteiger partial charge in [0.1, 0.15) is 5.52 Å². The van der Waals surface area contributed by atoms with Crippen LogP contribution in [0, 0.1) is 0 Å². The van der Waals surface area contributed by atoms with Gasteiger partial charge in [0.15, 0.2) is 16.6 Å². The molecule has 1 saturated heterocycles. The number of amides is 1. The smallest absolute Gasteiger partial charge is 0.252 e. The molecule has 33 heavy (non-hydrogen) atoms. The van der Waals surface area contributed by atoms with Crippen LogP contribution in [0.15, 0.2) is 42.5 Å². The van der Waals surface area contributed by atoms with Crippen molar-refractivity contribution in [1.29, 1.82) is 0 Å². The van der Waals surface area contributed by atoms with E-state index in [1.165, 1.54) is 11.3 Å². The molecule has 0 bridgehead atoms. The Labute approximate surface area is 201 Å². The molecule has 0 N–H and O–H groups in total. The Morgan fingerprint density at radius 3 is 2.88 bits per heavy atom. The van der Waals surface area contributed by atoms with Gasteiger partial charge in [-0.2, -0.15) is 0 Å². The van der Waals surface area contributed by atoms with Gasteiger partial charge in [0.2, 0.25) is 6.79 Å². The van der Waals surface area contributed by atoms with Gasteiger partial charge in [0, 0.05) is 32.3 Å². The molecule has 1 amide bonds. The zero-order valence-corrected chi connectivity index (χ0v) is 19.6. The van der Waals surface area contributed by atoms with Gasteiger partial charge >= 0.3 is 0 Å². The van der Waals surface area contributed by atoms with Crippen molar-refractivity contribution in [3.8, 4) is 11.5 Å². The second kappa shape index (κ2) is 10.1. The summed E-state index contributed by atoms with van der Waals surface area (Å²) in [5, 5.41) is 1.24. The molecule has 0 atom stereocenters. The van der Waals surface area contributed by atoms with Gasteiger partial charge in [-0.1, -0.05) is 35.1 Å². The molecule has 0 spiro atoms. The number of para-hydroxylation sites is 1. The molecule has 5 rings (SSSR count). The molecule has 0 unspecified atom stereocenters. The summed E-state index contributed by atoms with van der Waals surface area (Å²) in [4.78, 5) is 22.1. The van der Waals surface area contributed by atoms with Crippen LogP contribution in [0.1, 0.15) is 12.0 Å². The summed E-state index contributed by atoms with van der Waals surface area (Å²) in [6, 6.07) is 11.3. The number of anilines is 1. The first-order valence-electron chi connectivity index (χ1n) is 10.9. The first kappa shape index (κ1) is 22.2. The molecule has 172 valence electrons. The molecule has 0 saturated carbocycles. The van der Waals surface area contributed by atoms with Crippen molar-refractivity contribution in [3.05, 3.63) is 53.1 Å². The van der Waals surface area contributed by atoms with Crippen molar-refractivity contribution in [2.24, 2.45) is 0 Å². The number of aromatic nitrogens is 1. The maximum Gasteiger partial charge on any atom is 0.252 e. The van der Waals surface area contributed by atoms with Gasteiger partial charge in [0.05, 0.1) is 22.9 Å². The Bertz CT molecular complexity index is 1180. The minimum atomic E-state index is -0.121. The fourth-order valence-corrected chi connectivity index (χ4v) is 5.17. The number of hydrogen-bond acceptors (Lipinski definition) is 7. The van der Waals surface area contributed by atoms with Crippen LogP contribution in [0.5, 0.6) is 11.5 Å². The van der Waals surface area contributed by atoms with Gasteiger partial charge in [0.25, 0.3) is 5.91 Å². The standard InChI is InChI=1S/C24H24ClN3O4S/c25-18-3-1-4-21-23(18)26-24(33-21)28(10-2-9-27-11-13-30-14-12-27)22(29)8-6-17-5-7-19-20(15-17)32-16-31-19/h1,3-8,15H,2,9-14,16H2/b8-6+. The van der Waals surface area contributed by atoms with E-state index in [0.29, 0.717) is 22.4 Å². The summed E-state index contributed by atoms with van der Waals surface area (Å²) in [7, 11) is 0. The van der Waals surface area contributed by atoms with Crippen molar-refractivity contribution in [3.63, 3.8) is 0 Å². The Morgan fingerprint density at radius 1 is 1.18 bits per heavy atom. The maximum absolute atomic E-state index is 13.3. The Morgan fingerprint density at radius 2 is 2.03 bits per heavy atom. The third-order valence-corrected chi connectivity index (χ3v) is 6.98. The third kappa shape index (κ3) is 5.14. The molecule has 0 aliphatic carbocycles. The van der Waals surface area contributed by atoms with E-state index in [1.807, 2.05) is 36.4 Å². The van der Waals surface area contributed by atoms with E-state index < -0.39 is 0 Å². The van der Waals surface area contributed by atoms with Crippen LogP contribution in [0.25, 0.3) is 16.3 Å². The Balaban J connectivity index is 1.34. The maximum atomic E-state index is 13.3. The number of thiazole rings is 1. The molecule has 2 aliphatic rings. The van der Waals surface area contributed by atoms with E-state index in [9.17, 15) is 4.79 Å². The summed E-state index contributed by atoms with van der Waals surface area (Å²) in [6.45, 7) is 5.07. The average Bonchev–Trinajstić information content (AvgIpc) is 3.48. The second-order valence-corrected chi connectivity index (χ2v) is 9.24. The van der Waals surface area contributed by atoms with Crippen molar-refractivity contribution in [1.82, 2.24) is 9.88 Å². The number of morpholine rings is 1. The lowest BCUT2D eigenvalue weighted by Crippen LogP contribution is -2.39. The van der Waals surface area contributed by atoms with E-state index in [0.717, 1.165) is 60.8 Å². The van der Waals surface area contributed by atoms with Crippen LogP contribution in [0.4, 0.5) is 5.13 Å². The normalized spacial score (nSPS) is 16.0. The van der Waals surface area contributed by atoms with E-state index in [1.54, 1.807) is 17.1 Å². The molecule has 3 heterocycles. The van der Waals surface area contributed by atoms with Crippen LogP contribution >= 0.6 is 22.9 Å². The fraction of sp³-hybridized carbons (Fsp3) is 0.333. The number of rotatable bonds is 7. The quantitative estimate of drug-likeness (QED) is 0.461. The van der Waals surface area contributed by atoms with Crippen molar-refractivity contribution < 1.29 is 19.0 Å². The molecule has 1 aromatic heterocycles. The summed E-state index contributed by atoms with van der Waals surface area (Å²) < 4.78 is 17.2. The van der Waals surface area contributed by atoms with Gasteiger partial charge in [-0.3, -0.25) is 14.6 Å². The van der Waals surface area contributed by atoms with Crippen LogP contribution in [-0.4, -0.2) is 62.0 Å². The molecule has 2 aromatic carbocycles. The summed E-state index contributed by atoms with van der Waals surface area (Å²) in [5.74, 6) is 1.28. The summed E-state index contributed by atoms with van der Waals surface area (Å²) >= 11 is 7.81. The molecule has 9 heteroatoms. The van der Waals surface area contributed by atoms with Crippen molar-refractivity contribution >= 4 is 50.3 Å². The van der Waals surface area contributed by atoms with Gasteiger partial charge < -0.3 is 14.2 Å². The number of benzene rings is 2. The predicted octanol–water partition coefficient (Wildman–Crippen LogP) is 4.45. The van der Waals surface area contributed by atoms with E-state index in [-0.39, 0.29) is 12.7 Å². The van der Waals surface area contributed by atoms with Crippen LogP contribution in [0.2, 0.25) is 5.02 Å². The highest BCUT2D eigenvalue weighted by Crippen LogP contribution is 2.34. The largest absolute Gasteiger partial charge is 0.454 e. The number of halogens is 1. The zero-order chi connectivity index (χ0) is 22.6. The van der Waals surface area contributed by atoms with Gasteiger partial charge in [-0.15, -0.1) is 0 Å². The van der Waals surface area contributed by atoms with Crippen molar-refractivity contribution in [2.75, 3.05) is 51.1 Å². The highest BCUT2D eigenvalue weighted by Gasteiger charge is 2.20. The lowest BCUT2D eigenvalue weighted by molar-refractivity contribution is -0.114. The molecular weight excluding hydrogens is 462 g/mol. The van der Waals surface area contributed by atoms with Crippen LogP contribution in [0.3, 0.4) is 0 Å². The van der Waals surface area contributed by atoms with E-state index >= 15 is 0 Å². The minimum absolute atomic E-state index is 0.121. The topological polar surface area (TPSA) is 64.1 Å². The van der Waals surface area contributed by atoms with Gasteiger partial charge in [-0.25, -0.2) is 4.98 Å². The van der Waals surface area contributed by atoms with Gasteiger partial charge in [-0.05, 0) is 42.3 Å². The second-order valence-electron chi connectivity index (χ2n) is 7.83. The SMILES string of the molecule is O=C(/C=C/c1ccc2c(c1)OCO2)N(CCCN1CCOCC1)c1nc2c(Cl)cccc2s1. The zero-order valence-electron chi connectivity index (χ0n) is 18.0. The lowest BCUT2D eigenvalue weighted by atomic mass is 10.2. The number of hydrogen-bond donors (Lipinski definition) is 0. The summed E-state index contributed by atoms with van der Waals surface area (Å²) in [5.41, 5.74) is 1.60. The molecule has 2 aliphatic heterocycles. The lowest BCUT2D eigenvalue weighted by Gasteiger charge is -2.27.